The molecule has 0 aromatic heterocycles. The van der Waals surface area contributed by atoms with Crippen LogP contribution >= 0.6 is 0 Å². The van der Waals surface area contributed by atoms with Gasteiger partial charge in [0.15, 0.2) is 0 Å². The molecule has 0 spiro atoms. The van der Waals surface area contributed by atoms with Gasteiger partial charge in [0.25, 0.3) is 0 Å². The molecular weight excluding hydrogens is 466 g/mol. The molecule has 1 fully saturated rings. The molecule has 0 aromatic rings. The van der Waals surface area contributed by atoms with Crippen molar-refractivity contribution in [1.82, 2.24) is 5.32 Å². The number of aliphatic hydroxyl groups is 2. The van der Waals surface area contributed by atoms with Crippen LogP contribution in [0.4, 0.5) is 0 Å². The van der Waals surface area contributed by atoms with E-state index < -0.39 is 36.1 Å². The van der Waals surface area contributed by atoms with Gasteiger partial charge in [0.05, 0.1) is 12.2 Å². The van der Waals surface area contributed by atoms with Crippen molar-refractivity contribution >= 4 is 23.6 Å². The standard InChI is InChI=1S/C27H41NO8/c1-17(21(29)11-9-10-20-15-23(30)28-24(31)16-20)14-18(2)26(34)19(3)27(35)22(36-4)12-7-5-6-8-13-25(32)33/h7-8,12-14,17,19-20,22,26-27,34-35H,5-6,9-11,15-16H2,1-4H3,(H,32,33)(H,28,30,31)/b12-7+,13-8+,18-14+. The van der Waals surface area contributed by atoms with Gasteiger partial charge in [-0.1, -0.05) is 38.2 Å². The number of hydrogen-bond acceptors (Lipinski definition) is 7. The van der Waals surface area contributed by atoms with E-state index in [1.54, 1.807) is 45.1 Å². The molecule has 4 N–H and O–H groups in total. The van der Waals surface area contributed by atoms with Crippen LogP contribution in [-0.2, 0) is 23.9 Å². The topological polar surface area (TPSA) is 150 Å². The summed E-state index contributed by atoms with van der Waals surface area (Å²) in [4.78, 5) is 46.0. The number of nitrogens with one attached hydrogen (secondary N) is 1. The highest BCUT2D eigenvalue weighted by Gasteiger charge is 2.30. The molecule has 1 rings (SSSR count). The summed E-state index contributed by atoms with van der Waals surface area (Å²) < 4.78 is 5.36. The number of methoxy groups -OCH3 is 1. The van der Waals surface area contributed by atoms with Crippen LogP contribution in [-0.4, -0.2) is 64.3 Å². The lowest BCUT2D eigenvalue weighted by atomic mass is 9.87. The van der Waals surface area contributed by atoms with Crippen LogP contribution in [0.2, 0.25) is 0 Å². The van der Waals surface area contributed by atoms with E-state index in [-0.39, 0.29) is 23.5 Å². The SMILES string of the molecule is COC(/C=C/CC/C=C/C(=O)O)C(O)C(C)C(O)/C(C)=C/C(C)C(=O)CCCC1CC(=O)NC(=O)C1. The Morgan fingerprint density at radius 3 is 2.31 bits per heavy atom. The number of Topliss-reactive ketones (excluding diaryl/α,β-unsaturated/α-hetero) is 1. The predicted octanol–water partition coefficient (Wildman–Crippen LogP) is 2.71. The lowest BCUT2D eigenvalue weighted by Gasteiger charge is -2.29. The molecule has 5 unspecified atom stereocenters. The Hall–Kier alpha value is -2.62. The summed E-state index contributed by atoms with van der Waals surface area (Å²) in [5.74, 6) is -2.54. The van der Waals surface area contributed by atoms with Crippen molar-refractivity contribution < 1.29 is 39.2 Å². The van der Waals surface area contributed by atoms with Crippen molar-refractivity contribution in [2.75, 3.05) is 7.11 Å². The highest BCUT2D eigenvalue weighted by molar-refractivity contribution is 5.97. The number of amides is 2. The van der Waals surface area contributed by atoms with Gasteiger partial charge in [-0.05, 0) is 44.1 Å². The zero-order valence-electron chi connectivity index (χ0n) is 21.7. The average Bonchev–Trinajstić information content (AvgIpc) is 2.81. The molecule has 0 aliphatic carbocycles. The van der Waals surface area contributed by atoms with Gasteiger partial charge in [-0.3, -0.25) is 19.7 Å². The van der Waals surface area contributed by atoms with Crippen LogP contribution in [0.1, 0.15) is 65.7 Å². The smallest absolute Gasteiger partial charge is 0.327 e. The lowest BCUT2D eigenvalue weighted by molar-refractivity contribution is -0.135. The van der Waals surface area contributed by atoms with Gasteiger partial charge < -0.3 is 20.1 Å². The number of carbonyl (C=O) groups excluding carboxylic acids is 3. The zero-order valence-corrected chi connectivity index (χ0v) is 21.7. The molecule has 1 saturated heterocycles. The Balaban J connectivity index is 2.57. The van der Waals surface area contributed by atoms with Crippen molar-refractivity contribution in [3.8, 4) is 0 Å². The number of aliphatic hydroxyl groups excluding tert-OH is 2. The predicted molar refractivity (Wildman–Crippen MR) is 135 cm³/mol. The quantitative estimate of drug-likeness (QED) is 0.108. The normalized spacial score (nSPS) is 19.8. The van der Waals surface area contributed by atoms with Crippen molar-refractivity contribution in [3.63, 3.8) is 0 Å². The van der Waals surface area contributed by atoms with E-state index in [0.717, 1.165) is 6.08 Å². The molecule has 0 radical (unpaired) electrons. The van der Waals surface area contributed by atoms with Gasteiger partial charge in [0.2, 0.25) is 11.8 Å². The third-order valence-electron chi connectivity index (χ3n) is 6.48. The molecule has 0 aromatic carbocycles. The first-order valence-corrected chi connectivity index (χ1v) is 12.4. The summed E-state index contributed by atoms with van der Waals surface area (Å²) in [6.45, 7) is 5.18. The minimum absolute atomic E-state index is 0.0102. The molecule has 0 bridgehead atoms. The first-order valence-electron chi connectivity index (χ1n) is 12.4. The van der Waals surface area contributed by atoms with Gasteiger partial charge in [0, 0.05) is 44.3 Å². The summed E-state index contributed by atoms with van der Waals surface area (Å²) in [7, 11) is 1.46. The largest absolute Gasteiger partial charge is 0.478 e. The summed E-state index contributed by atoms with van der Waals surface area (Å²) in [6.07, 6.45) is 8.46. The second kappa shape index (κ2) is 16.2. The van der Waals surface area contributed by atoms with Crippen LogP contribution in [0.15, 0.2) is 36.0 Å². The fraction of sp³-hybridized carbons (Fsp3) is 0.630. The Kier molecular flexibility index (Phi) is 14.1. The number of carboxylic acids is 1. The molecule has 9 heteroatoms. The maximum absolute atomic E-state index is 12.6. The molecule has 36 heavy (non-hydrogen) atoms. The summed E-state index contributed by atoms with van der Waals surface area (Å²) >= 11 is 0. The average molecular weight is 508 g/mol. The second-order valence-corrected chi connectivity index (χ2v) is 9.54. The van der Waals surface area contributed by atoms with Gasteiger partial charge >= 0.3 is 5.97 Å². The minimum atomic E-state index is -1.00. The van der Waals surface area contributed by atoms with Crippen molar-refractivity contribution in [2.45, 2.75) is 84.0 Å². The van der Waals surface area contributed by atoms with Crippen LogP contribution in [0.3, 0.4) is 0 Å². The number of hydrogen-bond donors (Lipinski definition) is 4. The molecule has 5 atom stereocenters. The van der Waals surface area contributed by atoms with Gasteiger partial charge in [-0.25, -0.2) is 4.79 Å². The van der Waals surface area contributed by atoms with Gasteiger partial charge in [0.1, 0.15) is 11.9 Å². The maximum Gasteiger partial charge on any atom is 0.327 e. The number of rotatable bonds is 16. The summed E-state index contributed by atoms with van der Waals surface area (Å²) in [5, 5.41) is 32.4. The van der Waals surface area contributed by atoms with Crippen molar-refractivity contribution in [1.29, 1.82) is 0 Å². The molecule has 2 amide bonds. The molecule has 9 nitrogen and oxygen atoms in total. The summed E-state index contributed by atoms with van der Waals surface area (Å²) in [5.41, 5.74) is 0.578. The number of imide groups is 1. The lowest BCUT2D eigenvalue weighted by Crippen LogP contribution is -2.39. The number of piperidine rings is 1. The van der Waals surface area contributed by atoms with E-state index in [2.05, 4.69) is 5.32 Å². The number of ketones is 1. The van der Waals surface area contributed by atoms with Gasteiger partial charge in [-0.15, -0.1) is 0 Å². The molecule has 202 valence electrons. The third kappa shape index (κ3) is 11.4. The van der Waals surface area contributed by atoms with E-state index in [0.29, 0.717) is 50.5 Å². The first kappa shape index (κ1) is 31.4. The maximum atomic E-state index is 12.6. The van der Waals surface area contributed by atoms with Crippen molar-refractivity contribution in [2.24, 2.45) is 17.8 Å². The number of carboxylic acid groups (broad SMARTS) is 1. The number of allylic oxidation sites excluding steroid dienone is 3. The van der Waals surface area contributed by atoms with E-state index >= 15 is 0 Å². The van der Waals surface area contributed by atoms with Gasteiger partial charge in [-0.2, -0.15) is 0 Å². The highest BCUT2D eigenvalue weighted by Crippen LogP contribution is 2.23. The Morgan fingerprint density at radius 2 is 1.72 bits per heavy atom. The van der Waals surface area contributed by atoms with E-state index in [9.17, 15) is 29.4 Å². The Morgan fingerprint density at radius 1 is 1.11 bits per heavy atom. The van der Waals surface area contributed by atoms with Crippen LogP contribution in [0.5, 0.6) is 0 Å². The third-order valence-corrected chi connectivity index (χ3v) is 6.48. The monoisotopic (exact) mass is 507 g/mol. The first-order chi connectivity index (χ1) is 17.0. The fourth-order valence-electron chi connectivity index (χ4n) is 4.28. The second-order valence-electron chi connectivity index (χ2n) is 9.54. The zero-order chi connectivity index (χ0) is 27.3. The van der Waals surface area contributed by atoms with Crippen molar-refractivity contribution in [3.05, 3.63) is 36.0 Å². The number of aliphatic carboxylic acids is 1. The Labute approximate surface area is 213 Å². The summed E-state index contributed by atoms with van der Waals surface area (Å²) in [6, 6.07) is 0. The fourth-order valence-corrected chi connectivity index (χ4v) is 4.28. The van der Waals surface area contributed by atoms with E-state index in [1.165, 1.54) is 7.11 Å². The minimum Gasteiger partial charge on any atom is -0.478 e. The number of carbonyl (C=O) groups is 4. The Bertz CT molecular complexity index is 831. The van der Waals surface area contributed by atoms with E-state index in [4.69, 9.17) is 9.84 Å². The van der Waals surface area contributed by atoms with E-state index in [1.807, 2.05) is 0 Å². The molecule has 1 aliphatic heterocycles. The molecular formula is C27H41NO8. The molecule has 0 saturated carbocycles. The van der Waals surface area contributed by atoms with Crippen LogP contribution in [0, 0.1) is 17.8 Å². The van der Waals surface area contributed by atoms with Crippen LogP contribution < -0.4 is 5.32 Å². The molecule has 1 aliphatic rings. The van der Waals surface area contributed by atoms with Crippen LogP contribution in [0.25, 0.3) is 0 Å². The molecule has 1 heterocycles. The number of ether oxygens (including phenoxy) is 1. The number of unbranched alkanes of at least 4 members (excludes halogenated alkanes) is 1. The highest BCUT2D eigenvalue weighted by atomic mass is 16.5.